The van der Waals surface area contributed by atoms with E-state index in [9.17, 15) is 14.4 Å². The van der Waals surface area contributed by atoms with Crippen LogP contribution < -0.4 is 4.74 Å². The fourth-order valence-corrected chi connectivity index (χ4v) is 2.20. The SMILES string of the molecule is CO/C=C(/Oc1ccccc1C(=O)OCC(=O)c1ccc(C)cc1)C(=O)OC. The number of benzene rings is 2. The van der Waals surface area contributed by atoms with Crippen molar-refractivity contribution in [3.8, 4) is 5.75 Å². The molecule has 0 aliphatic heterocycles. The zero-order valence-corrected chi connectivity index (χ0v) is 15.8. The van der Waals surface area contributed by atoms with E-state index < -0.39 is 18.5 Å². The van der Waals surface area contributed by atoms with Gasteiger partial charge in [-0.1, -0.05) is 42.0 Å². The maximum Gasteiger partial charge on any atom is 0.377 e. The Morgan fingerprint density at radius 2 is 1.64 bits per heavy atom. The summed E-state index contributed by atoms with van der Waals surface area (Å²) in [6, 6.07) is 13.1. The molecule has 146 valence electrons. The second-order valence-electron chi connectivity index (χ2n) is 5.67. The van der Waals surface area contributed by atoms with Crippen molar-refractivity contribution in [3.05, 3.63) is 77.2 Å². The zero-order chi connectivity index (χ0) is 20.5. The van der Waals surface area contributed by atoms with Gasteiger partial charge in [0, 0.05) is 5.56 Å². The lowest BCUT2D eigenvalue weighted by Crippen LogP contribution is -2.16. The Morgan fingerprint density at radius 3 is 2.29 bits per heavy atom. The van der Waals surface area contributed by atoms with Gasteiger partial charge >= 0.3 is 11.9 Å². The monoisotopic (exact) mass is 384 g/mol. The van der Waals surface area contributed by atoms with Gasteiger partial charge in [0.15, 0.2) is 12.4 Å². The van der Waals surface area contributed by atoms with E-state index >= 15 is 0 Å². The lowest BCUT2D eigenvalue weighted by molar-refractivity contribution is -0.138. The average Bonchev–Trinajstić information content (AvgIpc) is 2.71. The van der Waals surface area contributed by atoms with E-state index in [2.05, 4.69) is 4.74 Å². The van der Waals surface area contributed by atoms with Gasteiger partial charge in [0.05, 0.1) is 14.2 Å². The van der Waals surface area contributed by atoms with Crippen molar-refractivity contribution in [2.45, 2.75) is 6.92 Å². The molecule has 2 aromatic carbocycles. The molecule has 0 N–H and O–H groups in total. The highest BCUT2D eigenvalue weighted by atomic mass is 16.6. The van der Waals surface area contributed by atoms with Crippen molar-refractivity contribution in [2.75, 3.05) is 20.8 Å². The van der Waals surface area contributed by atoms with Gasteiger partial charge in [-0.05, 0) is 19.1 Å². The number of ketones is 1. The molecule has 0 aliphatic carbocycles. The summed E-state index contributed by atoms with van der Waals surface area (Å²) in [5.74, 6) is -2.07. The highest BCUT2D eigenvalue weighted by Crippen LogP contribution is 2.22. The third-order valence-electron chi connectivity index (χ3n) is 3.65. The van der Waals surface area contributed by atoms with Crippen molar-refractivity contribution in [3.63, 3.8) is 0 Å². The van der Waals surface area contributed by atoms with E-state index in [-0.39, 0.29) is 22.9 Å². The molecule has 7 heteroatoms. The summed E-state index contributed by atoms with van der Waals surface area (Å²) < 4.78 is 19.9. The summed E-state index contributed by atoms with van der Waals surface area (Å²) in [5, 5.41) is 0. The Hall–Kier alpha value is -3.61. The molecule has 0 saturated heterocycles. The van der Waals surface area contributed by atoms with Crippen LogP contribution in [0.1, 0.15) is 26.3 Å². The van der Waals surface area contributed by atoms with Crippen LogP contribution in [0.5, 0.6) is 5.75 Å². The number of ether oxygens (including phenoxy) is 4. The summed E-state index contributed by atoms with van der Waals surface area (Å²) in [6.45, 7) is 1.49. The quantitative estimate of drug-likeness (QED) is 0.299. The van der Waals surface area contributed by atoms with Gasteiger partial charge in [-0.15, -0.1) is 0 Å². The number of hydrogen-bond donors (Lipinski definition) is 0. The summed E-state index contributed by atoms with van der Waals surface area (Å²) in [7, 11) is 2.52. The molecule has 0 unspecified atom stereocenters. The molecule has 0 saturated carbocycles. The summed E-state index contributed by atoms with van der Waals surface area (Å²) in [4.78, 5) is 36.3. The Labute approximate surface area is 162 Å². The molecule has 2 aromatic rings. The smallest absolute Gasteiger partial charge is 0.377 e. The van der Waals surface area contributed by atoms with E-state index in [4.69, 9.17) is 14.2 Å². The van der Waals surface area contributed by atoms with Crippen molar-refractivity contribution >= 4 is 17.7 Å². The first-order valence-corrected chi connectivity index (χ1v) is 8.31. The van der Waals surface area contributed by atoms with E-state index in [0.29, 0.717) is 5.56 Å². The number of para-hydroxylation sites is 1. The molecule has 0 aliphatic rings. The molecule has 28 heavy (non-hydrogen) atoms. The molecule has 2 rings (SSSR count). The summed E-state index contributed by atoms with van der Waals surface area (Å²) in [6.07, 6.45) is 1.05. The van der Waals surface area contributed by atoms with Crippen LogP contribution in [-0.4, -0.2) is 38.5 Å². The minimum atomic E-state index is -0.778. The topological polar surface area (TPSA) is 88.1 Å². The maximum atomic E-state index is 12.4. The lowest BCUT2D eigenvalue weighted by Gasteiger charge is -2.12. The lowest BCUT2D eigenvalue weighted by atomic mass is 10.1. The number of hydrogen-bond acceptors (Lipinski definition) is 7. The normalized spacial score (nSPS) is 10.8. The number of methoxy groups -OCH3 is 2. The third kappa shape index (κ3) is 5.44. The second kappa shape index (κ2) is 9.91. The molecular weight excluding hydrogens is 364 g/mol. The first kappa shape index (κ1) is 20.7. The van der Waals surface area contributed by atoms with Crippen LogP contribution in [0, 0.1) is 6.92 Å². The highest BCUT2D eigenvalue weighted by molar-refractivity contribution is 6.00. The number of carbonyl (C=O) groups excluding carboxylic acids is 3. The van der Waals surface area contributed by atoms with E-state index in [0.717, 1.165) is 11.8 Å². The zero-order valence-electron chi connectivity index (χ0n) is 15.8. The molecule has 0 radical (unpaired) electrons. The van der Waals surface area contributed by atoms with Gasteiger partial charge in [0.25, 0.3) is 0 Å². The van der Waals surface area contributed by atoms with Gasteiger partial charge in [0.1, 0.15) is 17.6 Å². The van der Waals surface area contributed by atoms with Crippen LogP contribution in [0.15, 0.2) is 60.6 Å². The van der Waals surface area contributed by atoms with Crippen LogP contribution in [0.2, 0.25) is 0 Å². The number of aryl methyl sites for hydroxylation is 1. The highest BCUT2D eigenvalue weighted by Gasteiger charge is 2.20. The predicted molar refractivity (Wildman–Crippen MR) is 100.0 cm³/mol. The van der Waals surface area contributed by atoms with Gasteiger partial charge in [-0.3, -0.25) is 4.79 Å². The third-order valence-corrected chi connectivity index (χ3v) is 3.65. The molecule has 0 atom stereocenters. The first-order chi connectivity index (χ1) is 13.5. The minimum Gasteiger partial charge on any atom is -0.500 e. The van der Waals surface area contributed by atoms with Crippen LogP contribution in [0.25, 0.3) is 0 Å². The maximum absolute atomic E-state index is 12.4. The van der Waals surface area contributed by atoms with Gasteiger partial charge < -0.3 is 18.9 Å². The largest absolute Gasteiger partial charge is 0.500 e. The Balaban J connectivity index is 2.11. The summed E-state index contributed by atoms with van der Waals surface area (Å²) in [5.41, 5.74) is 1.51. The van der Waals surface area contributed by atoms with Crippen LogP contribution in [-0.2, 0) is 19.0 Å². The number of esters is 2. The van der Waals surface area contributed by atoms with Gasteiger partial charge in [0.2, 0.25) is 5.76 Å². The molecular formula is C21H20O7. The van der Waals surface area contributed by atoms with Gasteiger partial charge in [-0.25, -0.2) is 9.59 Å². The molecule has 7 nitrogen and oxygen atoms in total. The van der Waals surface area contributed by atoms with E-state index in [1.165, 1.54) is 26.4 Å². The standard InChI is InChI=1S/C21H20O7/c1-14-8-10-15(11-9-14)17(22)12-27-20(23)16-6-4-5-7-18(16)28-19(13-25-2)21(24)26-3/h4-11,13H,12H2,1-3H3/b19-13+. The van der Waals surface area contributed by atoms with E-state index in [1.54, 1.807) is 36.4 Å². The minimum absolute atomic E-state index is 0.0464. The van der Waals surface area contributed by atoms with Gasteiger partial charge in [-0.2, -0.15) is 0 Å². The Morgan fingerprint density at radius 1 is 0.964 bits per heavy atom. The Bertz CT molecular complexity index is 882. The van der Waals surface area contributed by atoms with Crippen LogP contribution in [0.4, 0.5) is 0 Å². The molecule has 0 fully saturated rings. The predicted octanol–water partition coefficient (Wildman–Crippen LogP) is 3.07. The Kier molecular flexibility index (Phi) is 7.33. The molecule has 0 heterocycles. The van der Waals surface area contributed by atoms with Crippen LogP contribution in [0.3, 0.4) is 0 Å². The number of rotatable bonds is 8. The number of carbonyl (C=O) groups is 3. The molecule has 0 spiro atoms. The second-order valence-corrected chi connectivity index (χ2v) is 5.67. The van der Waals surface area contributed by atoms with E-state index in [1.807, 2.05) is 6.92 Å². The number of Topliss-reactive ketones (excluding diaryl/α,β-unsaturated/α-hetero) is 1. The van der Waals surface area contributed by atoms with Crippen molar-refractivity contribution in [2.24, 2.45) is 0 Å². The van der Waals surface area contributed by atoms with Crippen LogP contribution >= 0.6 is 0 Å². The molecule has 0 amide bonds. The molecule has 0 aromatic heterocycles. The fraction of sp³-hybridized carbons (Fsp3) is 0.190. The van der Waals surface area contributed by atoms with Crippen molar-refractivity contribution < 1.29 is 33.3 Å². The fourth-order valence-electron chi connectivity index (χ4n) is 2.20. The molecule has 0 bridgehead atoms. The average molecular weight is 384 g/mol. The summed E-state index contributed by atoms with van der Waals surface area (Å²) >= 11 is 0. The first-order valence-electron chi connectivity index (χ1n) is 8.31. The van der Waals surface area contributed by atoms with Crippen molar-refractivity contribution in [1.29, 1.82) is 0 Å². The van der Waals surface area contributed by atoms with Crippen molar-refractivity contribution in [1.82, 2.24) is 0 Å².